The van der Waals surface area contributed by atoms with E-state index in [1.807, 2.05) is 24.3 Å². The average Bonchev–Trinajstić information content (AvgIpc) is 2.96. The van der Waals surface area contributed by atoms with E-state index in [0.717, 1.165) is 46.9 Å². The largest absolute Gasteiger partial charge is 0.463 e. The number of carbonyl (C=O) groups is 1. The maximum Gasteiger partial charge on any atom is 0.339 e. The normalized spacial score (nSPS) is 31.9. The van der Waals surface area contributed by atoms with E-state index in [9.17, 15) is 4.79 Å². The summed E-state index contributed by atoms with van der Waals surface area (Å²) in [6.07, 6.45) is 8.14. The summed E-state index contributed by atoms with van der Waals surface area (Å²) in [6.45, 7) is 3.30. The zero-order valence-electron chi connectivity index (χ0n) is 22.4. The quantitative estimate of drug-likeness (QED) is 0.288. The Morgan fingerprint density at radius 3 is 2.55 bits per heavy atom. The number of methoxy groups -OCH3 is 1. The van der Waals surface area contributed by atoms with Gasteiger partial charge < -0.3 is 14.2 Å². The standard InChI is InChI=1S/C33H39NO4/c1-36-30(29-26-11-4-2-9-22(26)17-23-10-3-5-12-27(23)29)32(35)38-20-24-18-25-19-37-21-34-16-8-15-33(31(25)34)14-7-6-13-28(24)33/h2-5,9-12,17,24-25,28,30-31H,6-8,13-16,18-21H2,1H3/t24-,25+,28-,30+,31+,33-/m1/s1. The number of esters is 1. The van der Waals surface area contributed by atoms with Crippen LogP contribution in [0.3, 0.4) is 0 Å². The smallest absolute Gasteiger partial charge is 0.339 e. The Kier molecular flexibility index (Phi) is 6.42. The third kappa shape index (κ3) is 3.89. The number of hydrogen-bond acceptors (Lipinski definition) is 5. The molecule has 0 bridgehead atoms. The zero-order chi connectivity index (χ0) is 25.7. The lowest BCUT2D eigenvalue weighted by atomic mass is 9.48. The van der Waals surface area contributed by atoms with Crippen molar-refractivity contribution in [3.05, 3.63) is 60.2 Å². The number of nitrogens with zero attached hydrogens (tertiary/aromatic N) is 1. The maximum absolute atomic E-state index is 13.8. The van der Waals surface area contributed by atoms with E-state index in [1.165, 1.54) is 45.1 Å². The fourth-order valence-electron chi connectivity index (χ4n) is 9.12. The van der Waals surface area contributed by atoms with Gasteiger partial charge in [-0.3, -0.25) is 4.90 Å². The van der Waals surface area contributed by atoms with Gasteiger partial charge in [0.15, 0.2) is 6.10 Å². The second-order valence-electron chi connectivity index (χ2n) is 12.2. The highest BCUT2D eigenvalue weighted by Gasteiger charge is 2.59. The first-order valence-electron chi connectivity index (χ1n) is 14.6. The Labute approximate surface area is 225 Å². The Morgan fingerprint density at radius 2 is 1.79 bits per heavy atom. The highest BCUT2D eigenvalue weighted by Crippen LogP contribution is 2.60. The van der Waals surface area contributed by atoms with Crippen molar-refractivity contribution in [2.45, 2.75) is 57.1 Å². The van der Waals surface area contributed by atoms with Crippen molar-refractivity contribution in [3.8, 4) is 0 Å². The number of carbonyl (C=O) groups excluding carboxylic acids is 1. The van der Waals surface area contributed by atoms with Gasteiger partial charge in [-0.25, -0.2) is 4.79 Å². The van der Waals surface area contributed by atoms with Gasteiger partial charge in [-0.1, -0.05) is 61.4 Å². The van der Waals surface area contributed by atoms with E-state index in [1.54, 1.807) is 7.11 Å². The summed E-state index contributed by atoms with van der Waals surface area (Å²) >= 11 is 0. The number of ether oxygens (including phenoxy) is 3. The predicted octanol–water partition coefficient (Wildman–Crippen LogP) is 6.49. The summed E-state index contributed by atoms with van der Waals surface area (Å²) in [5.41, 5.74) is 1.28. The molecule has 4 fully saturated rings. The fraction of sp³-hybridized carbons (Fsp3) is 0.545. The molecule has 5 nitrogen and oxygen atoms in total. The van der Waals surface area contributed by atoms with Crippen molar-refractivity contribution >= 4 is 27.5 Å². The van der Waals surface area contributed by atoms with Crippen LogP contribution in [-0.2, 0) is 19.0 Å². The second-order valence-corrected chi connectivity index (χ2v) is 12.2. The van der Waals surface area contributed by atoms with Gasteiger partial charge in [0.2, 0.25) is 0 Å². The maximum atomic E-state index is 13.8. The van der Waals surface area contributed by atoms with Gasteiger partial charge in [0.1, 0.15) is 0 Å². The molecule has 1 spiro atoms. The molecule has 2 heterocycles. The lowest BCUT2D eigenvalue weighted by molar-refractivity contribution is -0.210. The molecule has 2 aliphatic carbocycles. The molecular formula is C33H39NO4. The molecule has 3 aromatic rings. The van der Waals surface area contributed by atoms with Gasteiger partial charge in [-0.2, -0.15) is 0 Å². The van der Waals surface area contributed by atoms with Crippen LogP contribution >= 0.6 is 0 Å². The van der Waals surface area contributed by atoms with Crippen molar-refractivity contribution in [1.29, 1.82) is 0 Å². The van der Waals surface area contributed by atoms with Gasteiger partial charge in [0, 0.05) is 25.3 Å². The Balaban J connectivity index is 1.18. The summed E-state index contributed by atoms with van der Waals surface area (Å²) in [5.74, 6) is 1.29. The second kappa shape index (κ2) is 9.93. The molecule has 38 heavy (non-hydrogen) atoms. The summed E-state index contributed by atoms with van der Waals surface area (Å²) in [7, 11) is 1.62. The summed E-state index contributed by atoms with van der Waals surface area (Å²) < 4.78 is 18.2. The van der Waals surface area contributed by atoms with E-state index in [4.69, 9.17) is 14.2 Å². The SMILES string of the molecule is CO[C@H](C(=O)OC[C@H]1C[C@H]2COCN3CCC[C@@]4(CCCC[C@H]14)[C@H]23)c1c2ccccc2cc2ccccc12. The van der Waals surface area contributed by atoms with E-state index < -0.39 is 6.10 Å². The van der Waals surface area contributed by atoms with Crippen LogP contribution in [0.1, 0.15) is 56.6 Å². The molecule has 0 amide bonds. The van der Waals surface area contributed by atoms with E-state index in [0.29, 0.717) is 35.8 Å². The fourth-order valence-corrected chi connectivity index (χ4v) is 9.12. The highest BCUT2D eigenvalue weighted by molar-refractivity contribution is 6.05. The molecule has 5 heteroatoms. The Hall–Kier alpha value is -2.47. The molecule has 0 N–H and O–H groups in total. The van der Waals surface area contributed by atoms with Crippen molar-refractivity contribution in [1.82, 2.24) is 4.90 Å². The molecule has 3 aromatic carbocycles. The van der Waals surface area contributed by atoms with Crippen LogP contribution < -0.4 is 0 Å². The van der Waals surface area contributed by atoms with Crippen LogP contribution in [-0.4, -0.2) is 50.5 Å². The first kappa shape index (κ1) is 24.6. The molecule has 2 saturated carbocycles. The molecule has 6 atom stereocenters. The van der Waals surface area contributed by atoms with Crippen molar-refractivity contribution in [3.63, 3.8) is 0 Å². The lowest BCUT2D eigenvalue weighted by Crippen LogP contribution is -2.67. The van der Waals surface area contributed by atoms with Crippen LogP contribution in [0.2, 0.25) is 0 Å². The minimum atomic E-state index is -0.758. The molecule has 4 aliphatic rings. The van der Waals surface area contributed by atoms with Crippen LogP contribution in [0.4, 0.5) is 0 Å². The lowest BCUT2D eigenvalue weighted by Gasteiger charge is -2.64. The molecule has 0 aromatic heterocycles. The first-order valence-corrected chi connectivity index (χ1v) is 14.6. The van der Waals surface area contributed by atoms with Gasteiger partial charge in [0.25, 0.3) is 0 Å². The highest BCUT2D eigenvalue weighted by atomic mass is 16.6. The van der Waals surface area contributed by atoms with E-state index in [2.05, 4.69) is 35.2 Å². The summed E-state index contributed by atoms with van der Waals surface area (Å²) in [4.78, 5) is 16.4. The van der Waals surface area contributed by atoms with Crippen molar-refractivity contribution < 1.29 is 19.0 Å². The third-order valence-corrected chi connectivity index (χ3v) is 10.4. The van der Waals surface area contributed by atoms with Crippen LogP contribution in [0.5, 0.6) is 0 Å². The molecule has 7 rings (SSSR count). The number of benzene rings is 3. The molecule has 0 unspecified atom stereocenters. The van der Waals surface area contributed by atoms with Gasteiger partial charge in [-0.05, 0) is 82.9 Å². The molecular weight excluding hydrogens is 474 g/mol. The molecule has 2 aliphatic heterocycles. The first-order chi connectivity index (χ1) is 18.7. The number of piperidine rings is 1. The molecule has 2 saturated heterocycles. The average molecular weight is 514 g/mol. The minimum Gasteiger partial charge on any atom is -0.463 e. The monoisotopic (exact) mass is 513 g/mol. The van der Waals surface area contributed by atoms with Crippen LogP contribution in [0, 0.1) is 23.2 Å². The van der Waals surface area contributed by atoms with Gasteiger partial charge in [0.05, 0.1) is 19.9 Å². The topological polar surface area (TPSA) is 48.0 Å². The molecule has 0 radical (unpaired) electrons. The number of rotatable bonds is 5. The zero-order valence-corrected chi connectivity index (χ0v) is 22.4. The Morgan fingerprint density at radius 1 is 1.05 bits per heavy atom. The predicted molar refractivity (Wildman–Crippen MR) is 149 cm³/mol. The van der Waals surface area contributed by atoms with Crippen molar-refractivity contribution in [2.24, 2.45) is 23.2 Å². The molecule has 200 valence electrons. The van der Waals surface area contributed by atoms with Crippen molar-refractivity contribution in [2.75, 3.05) is 33.6 Å². The minimum absolute atomic E-state index is 0.272. The number of hydrogen-bond donors (Lipinski definition) is 0. The van der Waals surface area contributed by atoms with E-state index >= 15 is 0 Å². The van der Waals surface area contributed by atoms with Gasteiger partial charge in [-0.15, -0.1) is 0 Å². The summed E-state index contributed by atoms with van der Waals surface area (Å²) in [5, 5.41) is 4.31. The van der Waals surface area contributed by atoms with Crippen LogP contribution in [0.25, 0.3) is 21.5 Å². The third-order valence-electron chi connectivity index (χ3n) is 10.4. The van der Waals surface area contributed by atoms with Gasteiger partial charge >= 0.3 is 5.97 Å². The Bertz CT molecular complexity index is 1280. The van der Waals surface area contributed by atoms with Crippen LogP contribution in [0.15, 0.2) is 54.6 Å². The van der Waals surface area contributed by atoms with E-state index in [-0.39, 0.29) is 5.97 Å². The number of fused-ring (bicyclic) bond motifs is 2. The summed E-state index contributed by atoms with van der Waals surface area (Å²) in [6, 6.07) is 19.3.